The van der Waals surface area contributed by atoms with Crippen molar-refractivity contribution in [3.63, 3.8) is 0 Å². The zero-order valence-electron chi connectivity index (χ0n) is 20.3. The Morgan fingerprint density at radius 1 is 0.838 bits per heavy atom. The molecule has 0 saturated carbocycles. The van der Waals surface area contributed by atoms with Gasteiger partial charge in [0.1, 0.15) is 11.5 Å². The number of ketones is 3. The standard InChI is InChI=1S/C21H15ClO4.C4H4O2.C4H6O/c1-13-2-4-15(5-3-13)21(25)26-19-11-8-16(12-18(19)22)20(24)14-6-9-17(23)10-7-14;1-2-4(6)3-5;1-3-4(2)5/h2-12,23H,1H3;2-3H,1H2;3H,1H2,2H3. The second kappa shape index (κ2) is 15.4. The molecule has 0 heterocycles. The van der Waals surface area contributed by atoms with Crippen LogP contribution in [0.1, 0.15) is 38.8 Å². The molecule has 0 bridgehead atoms. The molecule has 0 spiro atoms. The van der Waals surface area contributed by atoms with Crippen molar-refractivity contribution < 1.29 is 33.8 Å². The Morgan fingerprint density at radius 3 is 1.78 bits per heavy atom. The van der Waals surface area contributed by atoms with Crippen molar-refractivity contribution in [2.24, 2.45) is 0 Å². The van der Waals surface area contributed by atoms with Crippen LogP contribution in [0.3, 0.4) is 0 Å². The number of rotatable bonds is 7. The molecule has 7 nitrogen and oxygen atoms in total. The maximum absolute atomic E-state index is 12.4. The lowest BCUT2D eigenvalue weighted by Gasteiger charge is -2.08. The molecular formula is C29H25ClO7. The summed E-state index contributed by atoms with van der Waals surface area (Å²) in [7, 11) is 0. The lowest BCUT2D eigenvalue weighted by molar-refractivity contribution is -0.126. The molecule has 1 N–H and O–H groups in total. The third-order valence-corrected chi connectivity index (χ3v) is 4.71. The lowest BCUT2D eigenvalue weighted by atomic mass is 10.0. The number of aryl methyl sites for hydroxylation is 1. The highest BCUT2D eigenvalue weighted by molar-refractivity contribution is 6.32. The molecule has 3 rings (SSSR count). The maximum atomic E-state index is 12.4. The molecule has 0 aliphatic heterocycles. The minimum Gasteiger partial charge on any atom is -0.508 e. The van der Waals surface area contributed by atoms with Crippen molar-refractivity contribution in [2.75, 3.05) is 0 Å². The van der Waals surface area contributed by atoms with Crippen LogP contribution in [0.5, 0.6) is 11.5 Å². The molecule has 0 aromatic heterocycles. The topological polar surface area (TPSA) is 115 Å². The summed E-state index contributed by atoms with van der Waals surface area (Å²) in [6, 6.07) is 17.4. The molecule has 8 heteroatoms. The van der Waals surface area contributed by atoms with Gasteiger partial charge in [-0.15, -0.1) is 0 Å². The Labute approximate surface area is 219 Å². The van der Waals surface area contributed by atoms with Gasteiger partial charge in [0.2, 0.25) is 5.78 Å². The predicted molar refractivity (Wildman–Crippen MR) is 141 cm³/mol. The number of esters is 1. The Bertz CT molecular complexity index is 1280. The fraction of sp³-hybridized carbons (Fsp3) is 0.0690. The Morgan fingerprint density at radius 2 is 1.35 bits per heavy atom. The van der Waals surface area contributed by atoms with Gasteiger partial charge in [0.25, 0.3) is 0 Å². The molecule has 0 unspecified atom stereocenters. The fourth-order valence-electron chi connectivity index (χ4n) is 2.40. The predicted octanol–water partition coefficient (Wildman–Crippen LogP) is 5.51. The van der Waals surface area contributed by atoms with Gasteiger partial charge >= 0.3 is 5.97 Å². The number of aldehydes is 1. The molecule has 37 heavy (non-hydrogen) atoms. The summed E-state index contributed by atoms with van der Waals surface area (Å²) >= 11 is 6.17. The van der Waals surface area contributed by atoms with Crippen LogP contribution in [0.4, 0.5) is 0 Å². The van der Waals surface area contributed by atoms with E-state index < -0.39 is 11.8 Å². The highest BCUT2D eigenvalue weighted by Crippen LogP contribution is 2.27. The van der Waals surface area contributed by atoms with E-state index in [0.29, 0.717) is 16.7 Å². The number of carbonyl (C=O) groups excluding carboxylic acids is 5. The van der Waals surface area contributed by atoms with Gasteiger partial charge in [0.05, 0.1) is 10.6 Å². The molecule has 0 radical (unpaired) electrons. The first-order chi connectivity index (χ1) is 17.5. The summed E-state index contributed by atoms with van der Waals surface area (Å²) in [5.41, 5.74) is 2.23. The van der Waals surface area contributed by atoms with Gasteiger partial charge in [-0.2, -0.15) is 0 Å². The quantitative estimate of drug-likeness (QED) is 0.109. The van der Waals surface area contributed by atoms with Crippen LogP contribution in [0.15, 0.2) is 92.0 Å². The molecule has 0 aliphatic carbocycles. The second-order valence-electron chi connectivity index (χ2n) is 7.32. The molecule has 0 aliphatic rings. The van der Waals surface area contributed by atoms with Crippen LogP contribution in [0.25, 0.3) is 0 Å². The first-order valence-electron chi connectivity index (χ1n) is 10.7. The van der Waals surface area contributed by atoms with E-state index in [0.717, 1.165) is 11.6 Å². The van der Waals surface area contributed by atoms with Crippen molar-refractivity contribution in [1.29, 1.82) is 0 Å². The minimum atomic E-state index is -0.574. The van der Waals surface area contributed by atoms with Crippen LogP contribution < -0.4 is 4.74 Å². The smallest absolute Gasteiger partial charge is 0.343 e. The van der Waals surface area contributed by atoms with Crippen LogP contribution in [-0.2, 0) is 14.4 Å². The van der Waals surface area contributed by atoms with Crippen molar-refractivity contribution in [3.8, 4) is 11.5 Å². The number of benzene rings is 3. The Hall–Kier alpha value is -4.62. The number of carbonyl (C=O) groups is 5. The molecular weight excluding hydrogens is 496 g/mol. The van der Waals surface area contributed by atoms with Crippen LogP contribution >= 0.6 is 11.6 Å². The fourth-order valence-corrected chi connectivity index (χ4v) is 2.62. The van der Waals surface area contributed by atoms with Gasteiger partial charge in [0.15, 0.2) is 17.9 Å². The lowest BCUT2D eigenvalue weighted by Crippen LogP contribution is -2.09. The van der Waals surface area contributed by atoms with E-state index in [1.165, 1.54) is 49.4 Å². The van der Waals surface area contributed by atoms with Gasteiger partial charge in [-0.3, -0.25) is 19.2 Å². The van der Waals surface area contributed by atoms with Gasteiger partial charge < -0.3 is 9.84 Å². The van der Waals surface area contributed by atoms with E-state index in [1.807, 2.05) is 19.1 Å². The van der Waals surface area contributed by atoms with E-state index in [-0.39, 0.29) is 34.4 Å². The average Bonchev–Trinajstić information content (AvgIpc) is 2.90. The third kappa shape index (κ3) is 10.7. The van der Waals surface area contributed by atoms with E-state index in [1.54, 1.807) is 18.2 Å². The second-order valence-corrected chi connectivity index (χ2v) is 7.72. The number of aromatic hydroxyl groups is 1. The van der Waals surface area contributed by atoms with Crippen LogP contribution in [-0.4, -0.2) is 34.7 Å². The van der Waals surface area contributed by atoms with Crippen molar-refractivity contribution >= 4 is 41.2 Å². The zero-order chi connectivity index (χ0) is 28.0. The average molecular weight is 521 g/mol. The van der Waals surface area contributed by atoms with E-state index in [2.05, 4.69) is 13.2 Å². The first kappa shape index (κ1) is 30.4. The van der Waals surface area contributed by atoms with Crippen molar-refractivity contribution in [1.82, 2.24) is 0 Å². The summed E-state index contributed by atoms with van der Waals surface area (Å²) < 4.78 is 5.31. The Balaban J connectivity index is 0.000000524. The molecule has 3 aromatic carbocycles. The number of phenolic OH excluding ortho intramolecular Hbond substituents is 1. The molecule has 3 aromatic rings. The number of ether oxygens (including phenoxy) is 1. The van der Waals surface area contributed by atoms with Crippen LogP contribution in [0, 0.1) is 6.92 Å². The summed E-state index contributed by atoms with van der Waals surface area (Å²) in [6.45, 7) is 9.65. The number of halogens is 1. The molecule has 0 fully saturated rings. The number of allylic oxidation sites excluding steroid dienone is 2. The number of phenols is 1. The summed E-state index contributed by atoms with van der Waals surface area (Å²) in [5.74, 6) is -1.06. The number of hydrogen-bond donors (Lipinski definition) is 1. The molecule has 0 saturated heterocycles. The SMILES string of the molecule is C=CC(=O)C=O.C=CC(C)=O.Cc1ccc(C(=O)Oc2ccc(C(=O)c3ccc(O)cc3)cc2Cl)cc1. The van der Waals surface area contributed by atoms with E-state index >= 15 is 0 Å². The van der Waals surface area contributed by atoms with Gasteiger partial charge in [-0.1, -0.05) is 42.5 Å². The van der Waals surface area contributed by atoms with E-state index in [9.17, 15) is 29.1 Å². The summed E-state index contributed by atoms with van der Waals surface area (Å²) in [4.78, 5) is 53.3. The molecule has 0 atom stereocenters. The maximum Gasteiger partial charge on any atom is 0.343 e. The zero-order valence-corrected chi connectivity index (χ0v) is 21.0. The first-order valence-corrected chi connectivity index (χ1v) is 11.1. The van der Waals surface area contributed by atoms with Crippen molar-refractivity contribution in [2.45, 2.75) is 13.8 Å². The largest absolute Gasteiger partial charge is 0.508 e. The minimum absolute atomic E-state index is 0.0185. The Kier molecular flexibility index (Phi) is 12.6. The number of hydrogen-bond acceptors (Lipinski definition) is 7. The molecule has 0 amide bonds. The van der Waals surface area contributed by atoms with Crippen molar-refractivity contribution in [3.05, 3.63) is 119 Å². The van der Waals surface area contributed by atoms with Gasteiger partial charge in [-0.25, -0.2) is 4.79 Å². The van der Waals surface area contributed by atoms with Gasteiger partial charge in [0, 0.05) is 11.1 Å². The van der Waals surface area contributed by atoms with Crippen LogP contribution in [0.2, 0.25) is 5.02 Å². The highest BCUT2D eigenvalue weighted by Gasteiger charge is 2.15. The summed E-state index contributed by atoms with van der Waals surface area (Å²) in [6.07, 6.45) is 2.46. The molecule has 190 valence electrons. The van der Waals surface area contributed by atoms with E-state index in [4.69, 9.17) is 16.3 Å². The monoisotopic (exact) mass is 520 g/mol. The highest BCUT2D eigenvalue weighted by atomic mass is 35.5. The normalized spacial score (nSPS) is 9.27. The summed E-state index contributed by atoms with van der Waals surface area (Å²) in [5, 5.41) is 9.46. The third-order valence-electron chi connectivity index (χ3n) is 4.42. The van der Waals surface area contributed by atoms with Gasteiger partial charge in [-0.05, 0) is 80.6 Å².